The molecule has 374 valence electrons. The van der Waals surface area contributed by atoms with Crippen LogP contribution in [-0.2, 0) is 14.3 Å². The summed E-state index contributed by atoms with van der Waals surface area (Å²) in [4.78, 5) is 26.2. The fourth-order valence-electron chi connectivity index (χ4n) is 9.02. The van der Waals surface area contributed by atoms with Crippen molar-refractivity contribution < 1.29 is 24.5 Å². The predicted molar refractivity (Wildman–Crippen MR) is 273 cm³/mol. The average Bonchev–Trinajstić information content (AvgIpc) is 3.28. The molecule has 0 heterocycles. The number of nitrogens with one attached hydrogen (secondary N) is 1. The smallest absolute Gasteiger partial charge is 0.306 e. The second kappa shape index (κ2) is 51.6. The number of esters is 1. The molecule has 0 aromatic rings. The van der Waals surface area contributed by atoms with Crippen LogP contribution in [0.5, 0.6) is 0 Å². The Morgan fingerprint density at radius 2 is 0.794 bits per heavy atom. The summed E-state index contributed by atoms with van der Waals surface area (Å²) in [6, 6.07) is -0.697. The average molecular weight is 891 g/mol. The third-order valence-electron chi connectivity index (χ3n) is 13.3. The number of carbonyl (C=O) groups excluding carboxylic acids is 2. The lowest BCUT2D eigenvalue weighted by molar-refractivity contribution is -0.151. The quantitative estimate of drug-likeness (QED) is 0.0321. The van der Waals surface area contributed by atoms with E-state index in [0.717, 1.165) is 57.8 Å². The predicted octanol–water partition coefficient (Wildman–Crippen LogP) is 17.3. The molecule has 0 aliphatic heterocycles. The summed E-state index contributed by atoms with van der Waals surface area (Å²) in [5.41, 5.74) is 0. The minimum atomic E-state index is -0.784. The maximum Gasteiger partial charge on any atom is 0.306 e. The van der Waals surface area contributed by atoms with Crippen LogP contribution in [0.15, 0.2) is 12.2 Å². The van der Waals surface area contributed by atoms with E-state index in [0.29, 0.717) is 19.3 Å². The Balaban J connectivity index is 4.43. The monoisotopic (exact) mass is 890 g/mol. The summed E-state index contributed by atoms with van der Waals surface area (Å²) >= 11 is 0. The molecule has 63 heavy (non-hydrogen) atoms. The number of amides is 1. The summed E-state index contributed by atoms with van der Waals surface area (Å²) in [6.45, 7) is 6.47. The zero-order chi connectivity index (χ0) is 45.9. The van der Waals surface area contributed by atoms with Gasteiger partial charge in [-0.05, 0) is 44.9 Å². The summed E-state index contributed by atoms with van der Waals surface area (Å²) in [7, 11) is 0. The molecule has 6 nitrogen and oxygen atoms in total. The number of aliphatic hydroxyl groups is 2. The molecule has 0 saturated carbocycles. The number of unbranched alkanes of at least 4 members (excludes halogenated alkanes) is 38. The normalized spacial score (nSPS) is 13.2. The summed E-state index contributed by atoms with van der Waals surface area (Å²) in [6.07, 6.45) is 58.5. The molecule has 0 saturated heterocycles. The molecule has 0 radical (unpaired) electrons. The maximum atomic E-state index is 13.2. The van der Waals surface area contributed by atoms with Gasteiger partial charge in [0.2, 0.25) is 5.91 Å². The molecule has 3 unspecified atom stereocenters. The number of aliphatic hydroxyl groups excluding tert-OH is 2. The van der Waals surface area contributed by atoms with Crippen molar-refractivity contribution in [2.24, 2.45) is 0 Å². The molecule has 0 rings (SSSR count). The molecular formula is C57H111NO5. The number of hydrogen-bond acceptors (Lipinski definition) is 5. The van der Waals surface area contributed by atoms with E-state index in [1.54, 1.807) is 0 Å². The highest BCUT2D eigenvalue weighted by molar-refractivity contribution is 5.77. The Hall–Kier alpha value is -1.40. The summed E-state index contributed by atoms with van der Waals surface area (Å²) in [5.74, 6) is -0.465. The highest BCUT2D eigenvalue weighted by Crippen LogP contribution is 2.19. The first-order valence-electron chi connectivity index (χ1n) is 28.4. The van der Waals surface area contributed by atoms with E-state index < -0.39 is 18.2 Å². The zero-order valence-corrected chi connectivity index (χ0v) is 42.7. The van der Waals surface area contributed by atoms with E-state index in [9.17, 15) is 19.8 Å². The van der Waals surface area contributed by atoms with Gasteiger partial charge in [-0.25, -0.2) is 0 Å². The molecule has 0 bridgehead atoms. The van der Waals surface area contributed by atoms with E-state index in [1.807, 2.05) is 0 Å². The lowest BCUT2D eigenvalue weighted by Gasteiger charge is -2.24. The van der Waals surface area contributed by atoms with Crippen molar-refractivity contribution in [2.45, 2.75) is 334 Å². The molecule has 1 amide bonds. The van der Waals surface area contributed by atoms with Crippen molar-refractivity contribution in [3.05, 3.63) is 12.2 Å². The van der Waals surface area contributed by atoms with Gasteiger partial charge in [0.25, 0.3) is 0 Å². The second-order valence-electron chi connectivity index (χ2n) is 19.7. The first-order valence-corrected chi connectivity index (χ1v) is 28.4. The third-order valence-corrected chi connectivity index (χ3v) is 13.3. The van der Waals surface area contributed by atoms with E-state index in [1.165, 1.54) is 212 Å². The molecule has 0 aliphatic rings. The summed E-state index contributed by atoms with van der Waals surface area (Å²) in [5, 5.41) is 23.9. The van der Waals surface area contributed by atoms with Crippen molar-refractivity contribution in [2.75, 3.05) is 6.61 Å². The van der Waals surface area contributed by atoms with Crippen LogP contribution in [0.4, 0.5) is 0 Å². The van der Waals surface area contributed by atoms with Crippen molar-refractivity contribution in [3.8, 4) is 0 Å². The van der Waals surface area contributed by atoms with Crippen molar-refractivity contribution >= 4 is 11.9 Å². The van der Waals surface area contributed by atoms with Crippen LogP contribution in [0.25, 0.3) is 0 Å². The first-order chi connectivity index (χ1) is 31.0. The van der Waals surface area contributed by atoms with Gasteiger partial charge in [0.05, 0.1) is 25.2 Å². The zero-order valence-electron chi connectivity index (χ0n) is 42.7. The summed E-state index contributed by atoms with van der Waals surface area (Å²) < 4.78 is 5.94. The Labute approximate surface area is 393 Å². The van der Waals surface area contributed by atoms with E-state index in [4.69, 9.17) is 4.74 Å². The Morgan fingerprint density at radius 1 is 0.444 bits per heavy atom. The maximum absolute atomic E-state index is 13.2. The van der Waals surface area contributed by atoms with Gasteiger partial charge >= 0.3 is 5.97 Å². The van der Waals surface area contributed by atoms with Crippen molar-refractivity contribution in [1.82, 2.24) is 5.32 Å². The van der Waals surface area contributed by atoms with Crippen LogP contribution in [0, 0.1) is 0 Å². The molecule has 0 fully saturated rings. The van der Waals surface area contributed by atoms with Gasteiger partial charge in [0.15, 0.2) is 0 Å². The number of carbonyl (C=O) groups is 2. The van der Waals surface area contributed by atoms with Gasteiger partial charge < -0.3 is 20.3 Å². The Bertz CT molecular complexity index is 955. The molecular weight excluding hydrogens is 779 g/mol. The van der Waals surface area contributed by atoms with Gasteiger partial charge in [-0.15, -0.1) is 0 Å². The standard InChI is InChI=1S/C57H111NO5/c1-4-7-10-13-16-19-22-24-26-28-30-32-34-36-39-42-45-48-53(63-57(62)50-47-44-41-38-21-18-15-12-9-6-3)51-56(61)58-54(52-59)55(60)49-46-43-40-37-35-33-31-29-27-25-23-20-17-14-11-8-5-2/h12,15,53-55,59-60H,4-11,13-14,16-52H2,1-3H3,(H,58,61)/b15-12-. The van der Waals surface area contributed by atoms with Gasteiger partial charge in [-0.2, -0.15) is 0 Å². The largest absolute Gasteiger partial charge is 0.462 e. The van der Waals surface area contributed by atoms with Crippen LogP contribution < -0.4 is 5.32 Å². The first kappa shape index (κ1) is 61.6. The lowest BCUT2D eigenvalue weighted by Crippen LogP contribution is -2.46. The highest BCUT2D eigenvalue weighted by Gasteiger charge is 2.24. The van der Waals surface area contributed by atoms with Crippen LogP contribution in [-0.4, -0.2) is 46.9 Å². The van der Waals surface area contributed by atoms with Crippen LogP contribution >= 0.6 is 0 Å². The SMILES string of the molecule is CCC/C=C\CCCCCCCC(=O)OC(CCCCCCCCCCCCCCCCCCC)CC(=O)NC(CO)C(O)CCCCCCCCCCCCCCCCCCC. The molecule has 0 aromatic carbocycles. The molecule has 0 aromatic heterocycles. The number of rotatable bonds is 52. The van der Waals surface area contributed by atoms with E-state index >= 15 is 0 Å². The molecule has 3 atom stereocenters. The molecule has 3 N–H and O–H groups in total. The second-order valence-corrected chi connectivity index (χ2v) is 19.7. The highest BCUT2D eigenvalue weighted by atomic mass is 16.5. The van der Waals surface area contributed by atoms with Crippen LogP contribution in [0.3, 0.4) is 0 Å². The van der Waals surface area contributed by atoms with Crippen LogP contribution in [0.1, 0.15) is 316 Å². The van der Waals surface area contributed by atoms with Crippen molar-refractivity contribution in [1.29, 1.82) is 0 Å². The number of ether oxygens (including phenoxy) is 1. The minimum Gasteiger partial charge on any atom is -0.462 e. The van der Waals surface area contributed by atoms with E-state index in [2.05, 4.69) is 38.2 Å². The fraction of sp³-hybridized carbons (Fsp3) is 0.930. The van der Waals surface area contributed by atoms with Crippen molar-refractivity contribution in [3.63, 3.8) is 0 Å². The molecule has 0 aliphatic carbocycles. The Morgan fingerprint density at radius 3 is 1.19 bits per heavy atom. The van der Waals surface area contributed by atoms with Gasteiger partial charge in [0.1, 0.15) is 6.10 Å². The number of allylic oxidation sites excluding steroid dienone is 2. The minimum absolute atomic E-state index is 0.0818. The van der Waals surface area contributed by atoms with Crippen LogP contribution in [0.2, 0.25) is 0 Å². The third kappa shape index (κ3) is 46.9. The fourth-order valence-corrected chi connectivity index (χ4v) is 9.02. The van der Waals surface area contributed by atoms with E-state index in [-0.39, 0.29) is 24.9 Å². The number of hydrogen-bond donors (Lipinski definition) is 3. The van der Waals surface area contributed by atoms with Gasteiger partial charge in [0, 0.05) is 6.42 Å². The lowest BCUT2D eigenvalue weighted by atomic mass is 10.0. The van der Waals surface area contributed by atoms with Gasteiger partial charge in [-0.3, -0.25) is 9.59 Å². The topological polar surface area (TPSA) is 95.9 Å². The molecule has 0 spiro atoms. The van der Waals surface area contributed by atoms with Gasteiger partial charge in [-0.1, -0.05) is 270 Å². The molecule has 6 heteroatoms. The Kier molecular flexibility index (Phi) is 50.4.